The summed E-state index contributed by atoms with van der Waals surface area (Å²) in [6.07, 6.45) is 5.26. The van der Waals surface area contributed by atoms with Gasteiger partial charge in [0.25, 0.3) is 0 Å². The molecule has 1 N–H and O–H groups in total. The molecule has 3 nitrogen and oxygen atoms in total. The molecule has 1 aromatic carbocycles. The Morgan fingerprint density at radius 2 is 2.14 bits per heavy atom. The summed E-state index contributed by atoms with van der Waals surface area (Å²) < 4.78 is 6.84. The Morgan fingerprint density at radius 3 is 2.86 bits per heavy atom. The van der Waals surface area contributed by atoms with Crippen molar-refractivity contribution in [3.63, 3.8) is 0 Å². The first-order chi connectivity index (χ1) is 10.3. The highest BCUT2D eigenvalue weighted by Crippen LogP contribution is 2.27. The molecule has 1 saturated carbocycles. The van der Waals surface area contributed by atoms with Gasteiger partial charge < -0.3 is 10.1 Å². The highest BCUT2D eigenvalue weighted by atomic mass is 79.9. The maximum Gasteiger partial charge on any atom is 0.133 e. The summed E-state index contributed by atoms with van der Waals surface area (Å²) >= 11 is 3.59. The van der Waals surface area contributed by atoms with Crippen LogP contribution in [0.15, 0.2) is 47.1 Å². The lowest BCUT2D eigenvalue weighted by Gasteiger charge is -2.10. The van der Waals surface area contributed by atoms with Crippen molar-refractivity contribution in [3.8, 4) is 5.75 Å². The number of halogens is 1. The molecule has 0 radical (unpaired) electrons. The van der Waals surface area contributed by atoms with Crippen LogP contribution in [0.4, 0.5) is 0 Å². The molecule has 1 aliphatic carbocycles. The highest BCUT2D eigenvalue weighted by Gasteiger charge is 2.19. The van der Waals surface area contributed by atoms with Crippen LogP contribution in [0.2, 0.25) is 0 Å². The quantitative estimate of drug-likeness (QED) is 0.829. The largest absolute Gasteiger partial charge is 0.492 e. The van der Waals surface area contributed by atoms with Crippen molar-refractivity contribution in [2.75, 3.05) is 6.61 Å². The van der Waals surface area contributed by atoms with Crippen molar-refractivity contribution in [2.24, 2.45) is 0 Å². The van der Waals surface area contributed by atoms with Crippen LogP contribution in [0.1, 0.15) is 24.1 Å². The zero-order chi connectivity index (χ0) is 14.5. The predicted molar refractivity (Wildman–Crippen MR) is 87.4 cm³/mol. The Labute approximate surface area is 133 Å². The summed E-state index contributed by atoms with van der Waals surface area (Å²) in [6, 6.07) is 13.0. The normalized spacial score (nSPS) is 14.1. The van der Waals surface area contributed by atoms with Gasteiger partial charge in [0, 0.05) is 30.9 Å². The number of rotatable bonds is 7. The molecule has 21 heavy (non-hydrogen) atoms. The number of pyridine rings is 1. The van der Waals surface area contributed by atoms with Gasteiger partial charge in [-0.3, -0.25) is 4.98 Å². The van der Waals surface area contributed by atoms with Crippen molar-refractivity contribution in [1.29, 1.82) is 0 Å². The van der Waals surface area contributed by atoms with E-state index in [1.807, 2.05) is 30.5 Å². The summed E-state index contributed by atoms with van der Waals surface area (Å²) in [5, 5.41) is 3.51. The fourth-order valence-electron chi connectivity index (χ4n) is 2.13. The van der Waals surface area contributed by atoms with E-state index in [1.54, 1.807) is 0 Å². The molecule has 0 aliphatic heterocycles. The molecule has 4 heteroatoms. The maximum atomic E-state index is 5.83. The van der Waals surface area contributed by atoms with Gasteiger partial charge in [0.2, 0.25) is 0 Å². The van der Waals surface area contributed by atoms with E-state index in [0.717, 1.165) is 34.9 Å². The zero-order valence-corrected chi connectivity index (χ0v) is 13.5. The predicted octanol–water partition coefficient (Wildman–Crippen LogP) is 3.72. The van der Waals surface area contributed by atoms with E-state index in [9.17, 15) is 0 Å². The molecule has 0 unspecified atom stereocenters. The van der Waals surface area contributed by atoms with Crippen LogP contribution in [0.3, 0.4) is 0 Å². The molecule has 1 fully saturated rings. The van der Waals surface area contributed by atoms with Gasteiger partial charge in [0.05, 0.1) is 11.1 Å². The van der Waals surface area contributed by atoms with Gasteiger partial charge in [-0.2, -0.15) is 0 Å². The first-order valence-electron chi connectivity index (χ1n) is 7.36. The molecular weight excluding hydrogens is 328 g/mol. The van der Waals surface area contributed by atoms with Gasteiger partial charge in [-0.25, -0.2) is 0 Å². The average Bonchev–Trinajstić information content (AvgIpc) is 3.32. The summed E-state index contributed by atoms with van der Waals surface area (Å²) in [5.41, 5.74) is 2.34. The maximum absolute atomic E-state index is 5.83. The number of hydrogen-bond donors (Lipinski definition) is 1. The second-order valence-electron chi connectivity index (χ2n) is 5.34. The van der Waals surface area contributed by atoms with Gasteiger partial charge in [-0.05, 0) is 58.6 Å². The van der Waals surface area contributed by atoms with E-state index in [4.69, 9.17) is 4.74 Å². The smallest absolute Gasteiger partial charge is 0.133 e. The third-order valence-electron chi connectivity index (χ3n) is 3.51. The molecule has 0 saturated heterocycles. The van der Waals surface area contributed by atoms with Crippen molar-refractivity contribution in [1.82, 2.24) is 10.3 Å². The Balaban J connectivity index is 1.50. The van der Waals surface area contributed by atoms with Crippen LogP contribution in [0, 0.1) is 0 Å². The van der Waals surface area contributed by atoms with Crippen LogP contribution in [0.5, 0.6) is 5.75 Å². The number of nitrogens with zero attached hydrogens (tertiary/aromatic N) is 1. The molecule has 110 valence electrons. The lowest BCUT2D eigenvalue weighted by atomic mass is 10.2. The third-order valence-corrected chi connectivity index (χ3v) is 4.13. The Bertz CT molecular complexity index is 585. The van der Waals surface area contributed by atoms with E-state index in [-0.39, 0.29) is 0 Å². The highest BCUT2D eigenvalue weighted by molar-refractivity contribution is 9.10. The van der Waals surface area contributed by atoms with Gasteiger partial charge in [0.1, 0.15) is 5.75 Å². The number of ether oxygens (including phenoxy) is 1. The molecule has 1 aliphatic rings. The molecule has 1 aromatic heterocycles. The number of benzene rings is 1. The second-order valence-corrected chi connectivity index (χ2v) is 6.19. The Morgan fingerprint density at radius 1 is 1.24 bits per heavy atom. The lowest BCUT2D eigenvalue weighted by molar-refractivity contribution is 0.318. The third kappa shape index (κ3) is 4.55. The Hall–Kier alpha value is -1.39. The van der Waals surface area contributed by atoms with Crippen molar-refractivity contribution >= 4 is 15.9 Å². The summed E-state index contributed by atoms with van der Waals surface area (Å²) in [6.45, 7) is 1.56. The van der Waals surface area contributed by atoms with E-state index in [0.29, 0.717) is 6.61 Å². The minimum atomic E-state index is 0.634. The molecule has 0 spiro atoms. The minimum absolute atomic E-state index is 0.634. The van der Waals surface area contributed by atoms with Gasteiger partial charge in [-0.15, -0.1) is 0 Å². The monoisotopic (exact) mass is 346 g/mol. The zero-order valence-electron chi connectivity index (χ0n) is 11.9. The lowest BCUT2D eigenvalue weighted by Crippen LogP contribution is -2.15. The molecular formula is C17H19BrN2O. The number of nitrogens with one attached hydrogen (secondary N) is 1. The Kier molecular flexibility index (Phi) is 4.88. The van der Waals surface area contributed by atoms with Gasteiger partial charge in [-0.1, -0.05) is 12.1 Å². The van der Waals surface area contributed by atoms with E-state index in [1.165, 1.54) is 18.4 Å². The van der Waals surface area contributed by atoms with Crippen LogP contribution in [-0.2, 0) is 13.0 Å². The molecule has 0 amide bonds. The first-order valence-corrected chi connectivity index (χ1v) is 8.15. The van der Waals surface area contributed by atoms with Crippen molar-refractivity contribution in [2.45, 2.75) is 31.8 Å². The average molecular weight is 347 g/mol. The molecule has 0 bridgehead atoms. The van der Waals surface area contributed by atoms with Gasteiger partial charge >= 0.3 is 0 Å². The van der Waals surface area contributed by atoms with Crippen LogP contribution >= 0.6 is 15.9 Å². The standard InChI is InChI=1S/C17H19BrN2O/c18-16-11-13(12-20-15-5-6-15)4-7-17(16)21-10-8-14-3-1-2-9-19-14/h1-4,7,9,11,15,20H,5-6,8,10,12H2. The fourth-order valence-corrected chi connectivity index (χ4v) is 2.67. The summed E-state index contributed by atoms with van der Waals surface area (Å²) in [5.74, 6) is 0.890. The summed E-state index contributed by atoms with van der Waals surface area (Å²) in [7, 11) is 0. The second kappa shape index (κ2) is 7.05. The first kappa shape index (κ1) is 14.5. The number of aromatic nitrogens is 1. The number of hydrogen-bond acceptors (Lipinski definition) is 3. The SMILES string of the molecule is Brc1cc(CNC2CC2)ccc1OCCc1ccccn1. The summed E-state index contributed by atoms with van der Waals surface area (Å²) in [4.78, 5) is 4.29. The van der Waals surface area contributed by atoms with Crippen LogP contribution in [0.25, 0.3) is 0 Å². The van der Waals surface area contributed by atoms with Crippen molar-refractivity contribution in [3.05, 3.63) is 58.3 Å². The van der Waals surface area contributed by atoms with Crippen LogP contribution < -0.4 is 10.1 Å². The van der Waals surface area contributed by atoms with E-state index < -0.39 is 0 Å². The topological polar surface area (TPSA) is 34.1 Å². The van der Waals surface area contributed by atoms with E-state index >= 15 is 0 Å². The molecule has 3 rings (SSSR count). The minimum Gasteiger partial charge on any atom is -0.492 e. The fraction of sp³-hybridized carbons (Fsp3) is 0.353. The van der Waals surface area contributed by atoms with E-state index in [2.05, 4.69) is 38.4 Å². The van der Waals surface area contributed by atoms with Crippen LogP contribution in [-0.4, -0.2) is 17.6 Å². The van der Waals surface area contributed by atoms with Gasteiger partial charge in [0.15, 0.2) is 0 Å². The molecule has 1 heterocycles. The molecule has 0 atom stereocenters. The molecule has 2 aromatic rings. The van der Waals surface area contributed by atoms with Crippen molar-refractivity contribution < 1.29 is 4.74 Å².